The fourth-order valence-electron chi connectivity index (χ4n) is 4.62. The molecule has 0 amide bonds. The van der Waals surface area contributed by atoms with Gasteiger partial charge in [-0.05, 0) is 67.5 Å². The van der Waals surface area contributed by atoms with Crippen LogP contribution >= 0.6 is 11.3 Å². The number of nitrogen functional groups attached to an aromatic ring is 1. The summed E-state index contributed by atoms with van der Waals surface area (Å²) >= 11 is 1.24. The number of nitrogens with two attached hydrogens (primary N) is 1. The zero-order valence-electron chi connectivity index (χ0n) is 21.0. The van der Waals surface area contributed by atoms with Crippen LogP contribution in [0.25, 0.3) is 0 Å². The molecule has 1 aliphatic rings. The highest BCUT2D eigenvalue weighted by Gasteiger charge is 2.42. The Bertz CT molecular complexity index is 1320. The van der Waals surface area contributed by atoms with Gasteiger partial charge in [0.15, 0.2) is 11.6 Å². The number of carbonyl (C=O) groups is 2. The number of rotatable bonds is 10. The second kappa shape index (κ2) is 10.8. The number of aromatic nitrogens is 1. The largest absolute Gasteiger partial charge is 0.481 e. The fraction of sp³-hybridized carbons (Fsp3) is 0.357. The predicted molar refractivity (Wildman–Crippen MR) is 140 cm³/mol. The van der Waals surface area contributed by atoms with Crippen molar-refractivity contribution in [3.8, 4) is 11.6 Å². The predicted octanol–water partition coefficient (Wildman–Crippen LogP) is 5.20. The molecule has 0 aliphatic heterocycles. The minimum Gasteiger partial charge on any atom is -0.481 e. The summed E-state index contributed by atoms with van der Waals surface area (Å²) in [5.74, 6) is -0.863. The Morgan fingerprint density at radius 1 is 1.19 bits per heavy atom. The van der Waals surface area contributed by atoms with E-state index >= 15 is 0 Å². The van der Waals surface area contributed by atoms with E-state index in [1.807, 2.05) is 32.0 Å². The third-order valence-electron chi connectivity index (χ3n) is 6.85. The van der Waals surface area contributed by atoms with Crippen LogP contribution in [0.3, 0.4) is 0 Å². The van der Waals surface area contributed by atoms with Crippen LogP contribution < -0.4 is 15.2 Å². The maximum atomic E-state index is 14.2. The van der Waals surface area contributed by atoms with Gasteiger partial charge < -0.3 is 15.2 Å². The van der Waals surface area contributed by atoms with Gasteiger partial charge >= 0.3 is 5.97 Å². The number of hydrogen-bond donors (Lipinski definition) is 2. The Hall–Kier alpha value is -3.59. The van der Waals surface area contributed by atoms with E-state index in [4.69, 9.17) is 20.6 Å². The summed E-state index contributed by atoms with van der Waals surface area (Å²) in [5, 5.41) is 7.38. The first-order valence-corrected chi connectivity index (χ1v) is 12.9. The molecule has 2 unspecified atom stereocenters. The van der Waals surface area contributed by atoms with E-state index in [1.54, 1.807) is 19.4 Å². The van der Waals surface area contributed by atoms with Crippen molar-refractivity contribution in [2.45, 2.75) is 39.5 Å². The van der Waals surface area contributed by atoms with Crippen molar-refractivity contribution in [2.75, 3.05) is 7.11 Å². The molecule has 3 N–H and O–H groups in total. The van der Waals surface area contributed by atoms with Crippen molar-refractivity contribution in [3.63, 3.8) is 0 Å². The van der Waals surface area contributed by atoms with Crippen LogP contribution in [0, 0.1) is 28.5 Å². The van der Waals surface area contributed by atoms with E-state index in [2.05, 4.69) is 4.98 Å². The summed E-state index contributed by atoms with van der Waals surface area (Å²) in [6.45, 7) is 3.90. The van der Waals surface area contributed by atoms with E-state index in [-0.39, 0.29) is 28.8 Å². The van der Waals surface area contributed by atoms with Crippen molar-refractivity contribution in [3.05, 3.63) is 75.4 Å². The molecule has 7 nitrogen and oxygen atoms in total. The number of carbonyl (C=O) groups excluding carboxylic acids is 2. The van der Waals surface area contributed by atoms with E-state index in [0.29, 0.717) is 23.1 Å². The van der Waals surface area contributed by atoms with Crippen molar-refractivity contribution in [2.24, 2.45) is 23.0 Å². The maximum Gasteiger partial charge on any atom is 0.353 e. The first kappa shape index (κ1) is 26.5. The Morgan fingerprint density at radius 2 is 1.97 bits per heavy atom. The molecule has 9 heteroatoms. The van der Waals surface area contributed by atoms with Gasteiger partial charge in [-0.3, -0.25) is 10.2 Å². The van der Waals surface area contributed by atoms with Gasteiger partial charge in [0.1, 0.15) is 16.5 Å². The smallest absolute Gasteiger partial charge is 0.353 e. The first-order valence-electron chi connectivity index (χ1n) is 12.1. The topological polar surface area (TPSA) is 115 Å². The van der Waals surface area contributed by atoms with Crippen LogP contribution in [0.5, 0.6) is 11.6 Å². The molecule has 1 fully saturated rings. The minimum atomic E-state index is -0.773. The van der Waals surface area contributed by atoms with Gasteiger partial charge in [-0.2, -0.15) is 0 Å². The maximum absolute atomic E-state index is 14.2. The zero-order valence-corrected chi connectivity index (χ0v) is 21.9. The molecule has 2 aromatic heterocycles. The van der Waals surface area contributed by atoms with Crippen molar-refractivity contribution in [1.82, 2.24) is 4.98 Å². The Balaban J connectivity index is 1.36. The average Bonchev–Trinajstić information content (AvgIpc) is 3.31. The van der Waals surface area contributed by atoms with Crippen LogP contribution in [0.2, 0.25) is 0 Å². The van der Waals surface area contributed by atoms with Gasteiger partial charge in [0, 0.05) is 34.0 Å². The van der Waals surface area contributed by atoms with Crippen molar-refractivity contribution < 1.29 is 23.5 Å². The van der Waals surface area contributed by atoms with Gasteiger partial charge in [-0.25, -0.2) is 14.2 Å². The van der Waals surface area contributed by atoms with Gasteiger partial charge in [0.25, 0.3) is 0 Å². The standard InChI is InChI=1S/C28H30FN3O4S/c1-28(2,25(33)20-8-5-17(20)12-16-4-11-24(35-3)32-15-16)14-19-7-10-23(37-19)27(34)36-22-9-6-18(26(30)31)13-21(22)29/h4,6-7,9-11,13,15,17,20H,5,8,12,14H2,1-3H3,(H3,30,31). The Labute approximate surface area is 219 Å². The van der Waals surface area contributed by atoms with Crippen LogP contribution in [0.15, 0.2) is 48.7 Å². The van der Waals surface area contributed by atoms with Gasteiger partial charge in [-0.1, -0.05) is 19.9 Å². The number of thiophene rings is 1. The SMILES string of the molecule is COc1ccc(CC2CCC2C(=O)C(C)(C)Cc2ccc(C(=O)Oc3ccc(C(=N)N)cc3F)s2)cn1. The molecule has 2 atom stereocenters. The number of amidine groups is 1. The molecule has 4 rings (SSSR count). The summed E-state index contributed by atoms with van der Waals surface area (Å²) in [7, 11) is 1.58. The Kier molecular flexibility index (Phi) is 7.73. The van der Waals surface area contributed by atoms with Crippen molar-refractivity contribution in [1.29, 1.82) is 5.41 Å². The van der Waals surface area contributed by atoms with Crippen LogP contribution in [0.1, 0.15) is 52.4 Å². The number of nitrogens with one attached hydrogen (secondary N) is 1. The summed E-state index contributed by atoms with van der Waals surface area (Å²) in [6.07, 6.45) is 5.00. The highest BCUT2D eigenvalue weighted by atomic mass is 32.1. The monoisotopic (exact) mass is 523 g/mol. The molecule has 1 aromatic carbocycles. The van der Waals surface area contributed by atoms with Crippen LogP contribution in [-0.2, 0) is 17.6 Å². The molecule has 37 heavy (non-hydrogen) atoms. The number of hydrogen-bond acceptors (Lipinski definition) is 7. The molecule has 194 valence electrons. The fourth-order valence-corrected chi connectivity index (χ4v) is 5.73. The number of pyridine rings is 1. The minimum absolute atomic E-state index is 0.00227. The van der Waals surface area contributed by atoms with E-state index < -0.39 is 17.2 Å². The molecule has 0 radical (unpaired) electrons. The number of methoxy groups -OCH3 is 1. The second-order valence-corrected chi connectivity index (χ2v) is 11.2. The van der Waals surface area contributed by atoms with Gasteiger partial charge in [0.2, 0.25) is 5.88 Å². The quantitative estimate of drug-likeness (QED) is 0.163. The van der Waals surface area contributed by atoms with Gasteiger partial charge in [-0.15, -0.1) is 11.3 Å². The summed E-state index contributed by atoms with van der Waals surface area (Å²) in [4.78, 5) is 31.5. The number of ether oxygens (including phenoxy) is 2. The Morgan fingerprint density at radius 3 is 2.57 bits per heavy atom. The number of benzene rings is 1. The molecule has 0 saturated heterocycles. The lowest BCUT2D eigenvalue weighted by molar-refractivity contribution is -0.136. The summed E-state index contributed by atoms with van der Waals surface area (Å²) in [5.41, 5.74) is 6.07. The van der Waals surface area contributed by atoms with E-state index in [1.165, 1.54) is 23.5 Å². The molecule has 3 aromatic rings. The zero-order chi connectivity index (χ0) is 26.7. The summed E-state index contributed by atoms with van der Waals surface area (Å²) < 4.78 is 24.6. The van der Waals surface area contributed by atoms with Crippen molar-refractivity contribution >= 4 is 28.9 Å². The molecule has 1 aliphatic carbocycles. The molecular weight excluding hydrogens is 493 g/mol. The second-order valence-electron chi connectivity index (χ2n) is 10.00. The van der Waals surface area contributed by atoms with E-state index in [9.17, 15) is 14.0 Å². The molecule has 0 spiro atoms. The highest BCUT2D eigenvalue weighted by molar-refractivity contribution is 7.14. The third-order valence-corrected chi connectivity index (χ3v) is 7.92. The third kappa shape index (κ3) is 6.05. The average molecular weight is 524 g/mol. The highest BCUT2D eigenvalue weighted by Crippen LogP contribution is 2.43. The molecule has 1 saturated carbocycles. The van der Waals surface area contributed by atoms with Crippen LogP contribution in [0.4, 0.5) is 4.39 Å². The van der Waals surface area contributed by atoms with Gasteiger partial charge in [0.05, 0.1) is 7.11 Å². The number of ketones is 1. The number of halogens is 1. The van der Waals surface area contributed by atoms with E-state index in [0.717, 1.165) is 35.8 Å². The number of esters is 1. The molecule has 0 bridgehead atoms. The summed E-state index contributed by atoms with van der Waals surface area (Å²) in [6, 6.07) is 11.0. The number of Topliss-reactive ketones (excluding diaryl/α,β-unsaturated/α-hetero) is 1. The molecular formula is C28H30FN3O4S. The normalized spacial score (nSPS) is 17.1. The first-order chi connectivity index (χ1) is 17.6. The lowest BCUT2D eigenvalue weighted by atomic mass is 9.63. The van der Waals surface area contributed by atoms with Crippen LogP contribution in [-0.4, -0.2) is 29.7 Å². The molecule has 2 heterocycles. The number of nitrogens with zero attached hydrogens (tertiary/aromatic N) is 1. The lowest BCUT2D eigenvalue weighted by Gasteiger charge is -2.40. The lowest BCUT2D eigenvalue weighted by Crippen LogP contribution is -2.42.